The fraction of sp³-hybridized carbons (Fsp3) is 0.269. The zero-order valence-electron chi connectivity index (χ0n) is 19.0. The molecule has 0 radical (unpaired) electrons. The highest BCUT2D eigenvalue weighted by atomic mass is 32.2. The molecular weight excluding hydrogens is 452 g/mol. The van der Waals surface area contributed by atoms with E-state index in [1.54, 1.807) is 6.07 Å². The molecule has 34 heavy (non-hydrogen) atoms. The first-order valence-electron chi connectivity index (χ1n) is 11.2. The smallest absolute Gasteiger partial charge is 0.243 e. The maximum absolute atomic E-state index is 13.5. The van der Waals surface area contributed by atoms with Crippen molar-refractivity contribution < 1.29 is 22.7 Å². The molecule has 1 N–H and O–H groups in total. The monoisotopic (exact) mass is 478 g/mol. The van der Waals surface area contributed by atoms with E-state index >= 15 is 0 Å². The number of sulfonamides is 1. The minimum Gasteiger partial charge on any atom is -0.493 e. The number of fused-ring (bicyclic) bond motifs is 3. The fourth-order valence-corrected chi connectivity index (χ4v) is 6.62. The van der Waals surface area contributed by atoms with Crippen LogP contribution in [-0.2, 0) is 14.8 Å². The van der Waals surface area contributed by atoms with E-state index in [1.807, 2.05) is 48.5 Å². The molecular formula is C26H26N2O5S. The number of hydrogen-bond donors (Lipinski definition) is 1. The van der Waals surface area contributed by atoms with Gasteiger partial charge in [0.05, 0.1) is 25.2 Å². The largest absolute Gasteiger partial charge is 0.493 e. The molecule has 8 heteroatoms. The number of ether oxygens (including phenoxy) is 2. The summed E-state index contributed by atoms with van der Waals surface area (Å²) in [6.45, 7) is 0.284. The predicted octanol–water partition coefficient (Wildman–Crippen LogP) is 3.74. The SMILES string of the molecule is COc1ccc(S(=O)(=O)N2CCCC2C(=O)NC2c3ccccc3-c3ccccc32)cc1OC. The van der Waals surface area contributed by atoms with Crippen molar-refractivity contribution in [2.24, 2.45) is 0 Å². The average Bonchev–Trinajstić information content (AvgIpc) is 3.48. The van der Waals surface area contributed by atoms with E-state index in [9.17, 15) is 13.2 Å². The molecule has 1 aliphatic heterocycles. The van der Waals surface area contributed by atoms with Crippen molar-refractivity contribution in [3.05, 3.63) is 77.9 Å². The van der Waals surface area contributed by atoms with Gasteiger partial charge in [-0.25, -0.2) is 8.42 Å². The maximum atomic E-state index is 13.5. The van der Waals surface area contributed by atoms with Crippen LogP contribution in [0.3, 0.4) is 0 Å². The van der Waals surface area contributed by atoms with Crippen LogP contribution in [0.25, 0.3) is 11.1 Å². The van der Waals surface area contributed by atoms with E-state index in [4.69, 9.17) is 9.47 Å². The second-order valence-electron chi connectivity index (χ2n) is 8.41. The van der Waals surface area contributed by atoms with E-state index in [1.165, 1.54) is 30.7 Å². The van der Waals surface area contributed by atoms with Crippen molar-refractivity contribution in [2.75, 3.05) is 20.8 Å². The van der Waals surface area contributed by atoms with Crippen LogP contribution in [0.2, 0.25) is 0 Å². The van der Waals surface area contributed by atoms with Crippen LogP contribution in [-0.4, -0.2) is 45.4 Å². The minimum atomic E-state index is -3.91. The van der Waals surface area contributed by atoms with Gasteiger partial charge in [0.15, 0.2) is 11.5 Å². The van der Waals surface area contributed by atoms with Gasteiger partial charge >= 0.3 is 0 Å². The average molecular weight is 479 g/mol. The summed E-state index contributed by atoms with van der Waals surface area (Å²) in [7, 11) is -0.960. The number of methoxy groups -OCH3 is 2. The molecule has 1 atom stereocenters. The number of amides is 1. The molecule has 176 valence electrons. The van der Waals surface area contributed by atoms with Crippen LogP contribution in [0.5, 0.6) is 11.5 Å². The Bertz CT molecular complexity index is 1310. The molecule has 1 fully saturated rings. The van der Waals surface area contributed by atoms with Gasteiger partial charge in [-0.1, -0.05) is 48.5 Å². The highest BCUT2D eigenvalue weighted by molar-refractivity contribution is 7.89. The van der Waals surface area contributed by atoms with Crippen molar-refractivity contribution in [3.63, 3.8) is 0 Å². The van der Waals surface area contributed by atoms with E-state index in [2.05, 4.69) is 5.32 Å². The van der Waals surface area contributed by atoms with Crippen molar-refractivity contribution in [1.29, 1.82) is 0 Å². The molecule has 0 aromatic heterocycles. The minimum absolute atomic E-state index is 0.0707. The van der Waals surface area contributed by atoms with Gasteiger partial charge in [0.25, 0.3) is 0 Å². The number of nitrogens with one attached hydrogen (secondary N) is 1. The lowest BCUT2D eigenvalue weighted by Gasteiger charge is -2.26. The highest BCUT2D eigenvalue weighted by Crippen LogP contribution is 2.43. The standard InChI is InChI=1S/C26H26N2O5S/c1-32-23-14-13-17(16-24(23)33-2)34(30,31)28-15-7-12-22(28)26(29)27-25-20-10-5-3-8-18(20)19-9-4-6-11-21(19)25/h3-6,8-11,13-14,16,22,25H,7,12,15H2,1-2H3,(H,27,29). The number of carbonyl (C=O) groups is 1. The first kappa shape index (κ1) is 22.4. The first-order valence-corrected chi connectivity index (χ1v) is 12.6. The van der Waals surface area contributed by atoms with Gasteiger partial charge < -0.3 is 14.8 Å². The number of rotatable bonds is 6. The molecule has 7 nitrogen and oxygen atoms in total. The van der Waals surface area contributed by atoms with Crippen molar-refractivity contribution >= 4 is 15.9 Å². The third-order valence-electron chi connectivity index (χ3n) is 6.59. The van der Waals surface area contributed by atoms with E-state index < -0.39 is 16.1 Å². The maximum Gasteiger partial charge on any atom is 0.243 e. The molecule has 1 unspecified atom stereocenters. The Hall–Kier alpha value is -3.36. The van der Waals surface area contributed by atoms with E-state index in [0.29, 0.717) is 24.3 Å². The summed E-state index contributed by atoms with van der Waals surface area (Å²) in [5.74, 6) is 0.469. The Morgan fingerprint density at radius 2 is 1.53 bits per heavy atom. The topological polar surface area (TPSA) is 84.9 Å². The highest BCUT2D eigenvalue weighted by Gasteiger charge is 2.41. The quantitative estimate of drug-likeness (QED) is 0.583. The van der Waals surface area contributed by atoms with Gasteiger partial charge in [-0.05, 0) is 47.2 Å². The normalized spacial score (nSPS) is 17.8. The summed E-state index contributed by atoms with van der Waals surface area (Å²) in [5, 5.41) is 3.14. The lowest BCUT2D eigenvalue weighted by atomic mass is 10.0. The lowest BCUT2D eigenvalue weighted by molar-refractivity contribution is -0.124. The first-order chi connectivity index (χ1) is 16.5. The Morgan fingerprint density at radius 1 is 0.912 bits per heavy atom. The number of carbonyl (C=O) groups excluding carboxylic acids is 1. The van der Waals surface area contributed by atoms with Gasteiger partial charge in [-0.15, -0.1) is 0 Å². The second-order valence-corrected chi connectivity index (χ2v) is 10.3. The Morgan fingerprint density at radius 3 is 2.15 bits per heavy atom. The summed E-state index contributed by atoms with van der Waals surface area (Å²) < 4.78 is 38.8. The summed E-state index contributed by atoms with van der Waals surface area (Å²) in [6, 6.07) is 19.3. The summed E-state index contributed by atoms with van der Waals surface area (Å²) >= 11 is 0. The summed E-state index contributed by atoms with van der Waals surface area (Å²) in [4.78, 5) is 13.5. The third kappa shape index (κ3) is 3.63. The van der Waals surface area contributed by atoms with Crippen molar-refractivity contribution in [1.82, 2.24) is 9.62 Å². The molecule has 1 amide bonds. The predicted molar refractivity (Wildman–Crippen MR) is 128 cm³/mol. The molecule has 3 aromatic carbocycles. The van der Waals surface area contributed by atoms with Crippen LogP contribution < -0.4 is 14.8 Å². The van der Waals surface area contributed by atoms with E-state index in [-0.39, 0.29) is 23.4 Å². The zero-order valence-corrected chi connectivity index (χ0v) is 19.8. The Kier molecular flexibility index (Phi) is 5.79. The molecule has 1 heterocycles. The van der Waals surface area contributed by atoms with Gasteiger partial charge in [0.2, 0.25) is 15.9 Å². The van der Waals surface area contributed by atoms with Crippen LogP contribution in [0.4, 0.5) is 0 Å². The molecule has 0 saturated carbocycles. The number of nitrogens with zero attached hydrogens (tertiary/aromatic N) is 1. The Labute approximate surface area is 199 Å². The van der Waals surface area contributed by atoms with Crippen LogP contribution in [0.1, 0.15) is 30.0 Å². The van der Waals surface area contributed by atoms with Crippen LogP contribution in [0.15, 0.2) is 71.6 Å². The van der Waals surface area contributed by atoms with Gasteiger partial charge in [-0.2, -0.15) is 4.31 Å². The molecule has 5 rings (SSSR count). The molecule has 0 spiro atoms. The van der Waals surface area contributed by atoms with Crippen LogP contribution in [0, 0.1) is 0 Å². The van der Waals surface area contributed by atoms with Crippen molar-refractivity contribution in [3.8, 4) is 22.6 Å². The molecule has 3 aromatic rings. The zero-order chi connectivity index (χ0) is 23.9. The third-order valence-corrected chi connectivity index (χ3v) is 8.49. The van der Waals surface area contributed by atoms with E-state index in [0.717, 1.165) is 22.3 Å². The van der Waals surface area contributed by atoms with Gasteiger partial charge in [0, 0.05) is 12.6 Å². The van der Waals surface area contributed by atoms with Gasteiger partial charge in [0.1, 0.15) is 6.04 Å². The summed E-state index contributed by atoms with van der Waals surface area (Å²) in [6.07, 6.45) is 1.08. The second kappa shape index (κ2) is 8.77. The van der Waals surface area contributed by atoms with Gasteiger partial charge in [-0.3, -0.25) is 4.79 Å². The fourth-order valence-electron chi connectivity index (χ4n) is 4.95. The summed E-state index contributed by atoms with van der Waals surface area (Å²) in [5.41, 5.74) is 4.21. The Balaban J connectivity index is 1.43. The van der Waals surface area contributed by atoms with Crippen LogP contribution >= 0.6 is 0 Å². The van der Waals surface area contributed by atoms with Crippen molar-refractivity contribution in [2.45, 2.75) is 29.8 Å². The lowest BCUT2D eigenvalue weighted by Crippen LogP contribution is -2.46. The number of hydrogen-bond acceptors (Lipinski definition) is 5. The molecule has 2 aliphatic rings. The molecule has 1 saturated heterocycles. The molecule has 1 aliphatic carbocycles. The number of benzene rings is 3. The molecule has 0 bridgehead atoms.